The van der Waals surface area contributed by atoms with E-state index in [9.17, 15) is 10.0 Å². The molecule has 1 saturated heterocycles. The van der Waals surface area contributed by atoms with Crippen molar-refractivity contribution in [3.8, 4) is 5.75 Å². The van der Waals surface area contributed by atoms with Crippen LogP contribution in [0.1, 0.15) is 45.6 Å². The maximum atomic E-state index is 12.5. The van der Waals surface area contributed by atoms with Gasteiger partial charge in [0.05, 0.1) is 18.3 Å². The Hall–Kier alpha value is -3.09. The number of piperidine rings is 1. The Labute approximate surface area is 189 Å². The van der Waals surface area contributed by atoms with Crippen LogP contribution in [0.4, 0.5) is 4.79 Å². The van der Waals surface area contributed by atoms with Crippen LogP contribution in [-0.2, 0) is 4.74 Å². The van der Waals surface area contributed by atoms with E-state index in [4.69, 9.17) is 9.47 Å². The molecule has 1 fully saturated rings. The third-order valence-electron chi connectivity index (χ3n) is 5.89. The second-order valence-corrected chi connectivity index (χ2v) is 9.20. The summed E-state index contributed by atoms with van der Waals surface area (Å²) in [7, 11) is 1.62. The predicted molar refractivity (Wildman–Crippen MR) is 125 cm³/mol. The summed E-state index contributed by atoms with van der Waals surface area (Å²) in [6.45, 7) is 10.8. The summed E-state index contributed by atoms with van der Waals surface area (Å²) in [6.07, 6.45) is 5.64. The highest BCUT2D eigenvalue weighted by Crippen LogP contribution is 2.31. The zero-order valence-corrected chi connectivity index (χ0v) is 19.4. The van der Waals surface area contributed by atoms with Crippen molar-refractivity contribution in [2.24, 2.45) is 17.0 Å². The molecule has 0 spiro atoms. The van der Waals surface area contributed by atoms with Gasteiger partial charge in [-0.2, -0.15) is 0 Å². The minimum Gasteiger partial charge on any atom is -0.497 e. The van der Waals surface area contributed by atoms with Gasteiger partial charge in [0.1, 0.15) is 11.4 Å². The summed E-state index contributed by atoms with van der Waals surface area (Å²) in [6, 6.07) is 7.54. The lowest BCUT2D eigenvalue weighted by Crippen LogP contribution is -2.45. The zero-order chi connectivity index (χ0) is 23.3. The molecular weight excluding hydrogens is 406 g/mol. The number of ether oxygens (including phenoxy) is 2. The average molecular weight is 440 g/mol. The van der Waals surface area contributed by atoms with E-state index in [2.05, 4.69) is 16.7 Å². The van der Waals surface area contributed by atoms with Gasteiger partial charge in [-0.3, -0.25) is 4.98 Å². The molecule has 0 aliphatic carbocycles. The van der Waals surface area contributed by atoms with E-state index < -0.39 is 5.60 Å². The van der Waals surface area contributed by atoms with Gasteiger partial charge >= 0.3 is 6.09 Å². The number of likely N-dealkylation sites (tertiary alicyclic amines) is 1. The molecule has 0 radical (unpaired) electrons. The first kappa shape index (κ1) is 23.6. The molecule has 2 aromatic rings. The van der Waals surface area contributed by atoms with E-state index in [0.29, 0.717) is 31.1 Å². The number of pyridine rings is 1. The number of carbonyl (C=O) groups is 1. The Morgan fingerprint density at radius 3 is 2.81 bits per heavy atom. The smallest absolute Gasteiger partial charge is 0.410 e. The maximum Gasteiger partial charge on any atom is 0.410 e. The number of fused-ring (bicyclic) bond motifs is 1. The van der Waals surface area contributed by atoms with Crippen LogP contribution in [0.2, 0.25) is 0 Å². The average Bonchev–Trinajstić information content (AvgIpc) is 2.78. The number of nitrogens with zero attached hydrogens (tertiary/aromatic N) is 3. The van der Waals surface area contributed by atoms with E-state index in [1.54, 1.807) is 18.2 Å². The van der Waals surface area contributed by atoms with E-state index in [-0.39, 0.29) is 12.0 Å². The van der Waals surface area contributed by atoms with Crippen LogP contribution in [0.15, 0.2) is 48.3 Å². The molecule has 0 saturated carbocycles. The SMILES string of the molecule is C=C[C@H]1CN(C(=O)OC(C)(C)C)CC[C@H]1CC/C(=N\O)c1ccnc2ccc(OC)cc12. The fourth-order valence-electron chi connectivity index (χ4n) is 4.21. The first-order chi connectivity index (χ1) is 15.3. The maximum absolute atomic E-state index is 12.5. The van der Waals surface area contributed by atoms with Gasteiger partial charge in [0.15, 0.2) is 0 Å². The highest BCUT2D eigenvalue weighted by Gasteiger charge is 2.32. The standard InChI is InChI=1S/C25H33N3O4/c1-6-17-16-28(24(29)32-25(2,3)4)14-12-18(17)7-9-23(27-30)20-11-13-26-22-10-8-19(31-5)15-21(20)22/h6,8,10-11,13,15,17-18,30H,1,7,9,12,14,16H2,2-5H3/b27-23+/t17-,18+/m0/s1. The molecule has 172 valence electrons. The van der Waals surface area contributed by atoms with Crippen molar-refractivity contribution in [2.45, 2.75) is 45.6 Å². The van der Waals surface area contributed by atoms with Crippen molar-refractivity contribution in [3.05, 3.63) is 48.7 Å². The normalized spacial score (nSPS) is 19.6. The number of benzene rings is 1. The summed E-state index contributed by atoms with van der Waals surface area (Å²) in [5, 5.41) is 14.3. The minimum absolute atomic E-state index is 0.158. The molecule has 0 unspecified atom stereocenters. The Balaban J connectivity index is 1.70. The molecule has 2 atom stereocenters. The molecule has 1 aromatic heterocycles. The van der Waals surface area contributed by atoms with Crippen LogP contribution < -0.4 is 4.74 Å². The Morgan fingerprint density at radius 1 is 1.38 bits per heavy atom. The van der Waals surface area contributed by atoms with Crippen molar-refractivity contribution in [3.63, 3.8) is 0 Å². The highest BCUT2D eigenvalue weighted by atomic mass is 16.6. The molecule has 3 rings (SSSR count). The molecule has 1 amide bonds. The first-order valence-corrected chi connectivity index (χ1v) is 11.0. The Bertz CT molecular complexity index is 996. The van der Waals surface area contributed by atoms with Crippen LogP contribution >= 0.6 is 0 Å². The number of amides is 1. The van der Waals surface area contributed by atoms with Gasteiger partial charge < -0.3 is 19.6 Å². The van der Waals surface area contributed by atoms with Gasteiger partial charge in [-0.05, 0) is 76.1 Å². The molecule has 7 nitrogen and oxygen atoms in total. The van der Waals surface area contributed by atoms with Crippen LogP contribution in [0.25, 0.3) is 10.9 Å². The highest BCUT2D eigenvalue weighted by molar-refractivity contribution is 6.10. The lowest BCUT2D eigenvalue weighted by atomic mass is 9.81. The van der Waals surface area contributed by atoms with Crippen LogP contribution in [0, 0.1) is 11.8 Å². The molecule has 1 N–H and O–H groups in total. The molecule has 7 heteroatoms. The van der Waals surface area contributed by atoms with Crippen LogP contribution in [0.5, 0.6) is 5.75 Å². The number of carbonyl (C=O) groups excluding carboxylic acids is 1. The van der Waals surface area contributed by atoms with Crippen LogP contribution in [0.3, 0.4) is 0 Å². The van der Waals surface area contributed by atoms with Gasteiger partial charge in [-0.15, -0.1) is 6.58 Å². The number of methoxy groups -OCH3 is 1. The summed E-state index contributed by atoms with van der Waals surface area (Å²) < 4.78 is 10.9. The molecular formula is C25H33N3O4. The van der Waals surface area contributed by atoms with Gasteiger partial charge in [-0.25, -0.2) is 4.79 Å². The number of oxime groups is 1. The molecule has 32 heavy (non-hydrogen) atoms. The third kappa shape index (κ3) is 5.58. The molecule has 1 aliphatic heterocycles. The lowest BCUT2D eigenvalue weighted by molar-refractivity contribution is 0.0134. The van der Waals surface area contributed by atoms with Gasteiger partial charge in [-0.1, -0.05) is 11.2 Å². The fraction of sp³-hybridized carbons (Fsp3) is 0.480. The summed E-state index contributed by atoms with van der Waals surface area (Å²) in [5.41, 5.74) is 1.76. The van der Waals surface area contributed by atoms with Crippen molar-refractivity contribution in [1.82, 2.24) is 9.88 Å². The monoisotopic (exact) mass is 439 g/mol. The van der Waals surface area contributed by atoms with E-state index in [1.807, 2.05) is 51.1 Å². The molecule has 0 bridgehead atoms. The van der Waals surface area contributed by atoms with Crippen molar-refractivity contribution < 1.29 is 19.5 Å². The molecule has 1 aromatic carbocycles. The van der Waals surface area contributed by atoms with E-state index in [0.717, 1.165) is 35.1 Å². The second-order valence-electron chi connectivity index (χ2n) is 9.20. The van der Waals surface area contributed by atoms with Gasteiger partial charge in [0.2, 0.25) is 0 Å². The molecule has 1 aliphatic rings. The van der Waals surface area contributed by atoms with Crippen molar-refractivity contribution in [2.75, 3.05) is 20.2 Å². The van der Waals surface area contributed by atoms with Crippen molar-refractivity contribution in [1.29, 1.82) is 0 Å². The summed E-state index contributed by atoms with van der Waals surface area (Å²) >= 11 is 0. The Kier molecular flexibility index (Phi) is 7.38. The third-order valence-corrected chi connectivity index (χ3v) is 5.89. The quantitative estimate of drug-likeness (QED) is 0.287. The number of aromatic nitrogens is 1. The predicted octanol–water partition coefficient (Wildman–Crippen LogP) is 5.26. The Morgan fingerprint density at radius 2 is 2.16 bits per heavy atom. The van der Waals surface area contributed by atoms with Crippen LogP contribution in [-0.4, -0.2) is 52.7 Å². The fourth-order valence-corrected chi connectivity index (χ4v) is 4.21. The summed E-state index contributed by atoms with van der Waals surface area (Å²) in [5.74, 6) is 1.22. The second kappa shape index (κ2) is 10.0. The largest absolute Gasteiger partial charge is 0.497 e. The topological polar surface area (TPSA) is 84.3 Å². The molecule has 2 heterocycles. The summed E-state index contributed by atoms with van der Waals surface area (Å²) in [4.78, 5) is 18.6. The first-order valence-electron chi connectivity index (χ1n) is 11.0. The number of hydrogen-bond acceptors (Lipinski definition) is 6. The van der Waals surface area contributed by atoms with E-state index in [1.165, 1.54) is 0 Å². The van der Waals surface area contributed by atoms with E-state index >= 15 is 0 Å². The minimum atomic E-state index is -0.514. The van der Waals surface area contributed by atoms with Gasteiger partial charge in [0.25, 0.3) is 0 Å². The lowest BCUT2D eigenvalue weighted by Gasteiger charge is -2.38. The van der Waals surface area contributed by atoms with Crippen molar-refractivity contribution >= 4 is 22.7 Å². The number of hydrogen-bond donors (Lipinski definition) is 1. The van der Waals surface area contributed by atoms with Gasteiger partial charge in [0, 0.05) is 30.2 Å². The zero-order valence-electron chi connectivity index (χ0n) is 19.4. The number of rotatable bonds is 6.